The molecule has 0 aliphatic heterocycles. The smallest absolute Gasteiger partial charge is 0.145 e. The Morgan fingerprint density at radius 3 is 2.75 bits per heavy atom. The van der Waals surface area contributed by atoms with E-state index in [1.165, 1.54) is 10.7 Å². The summed E-state index contributed by atoms with van der Waals surface area (Å²) in [6.07, 6.45) is 1.48. The lowest BCUT2D eigenvalue weighted by atomic mass is 9.93. The van der Waals surface area contributed by atoms with Crippen molar-refractivity contribution in [1.82, 2.24) is 14.6 Å². The first-order valence-electron chi connectivity index (χ1n) is 3.33. The summed E-state index contributed by atoms with van der Waals surface area (Å²) >= 11 is 0. The summed E-state index contributed by atoms with van der Waals surface area (Å²) < 4.78 is 1.41. The highest BCUT2D eigenvalue weighted by Crippen LogP contribution is 1.86. The van der Waals surface area contributed by atoms with Crippen LogP contribution < -0.4 is 16.6 Å². The number of fused-ring (bicyclic) bond motifs is 1. The predicted molar refractivity (Wildman–Crippen MR) is 49.2 cm³/mol. The van der Waals surface area contributed by atoms with Gasteiger partial charge in [0.15, 0.2) is 0 Å². The van der Waals surface area contributed by atoms with Gasteiger partial charge in [-0.25, -0.2) is 9.50 Å². The molecule has 2 rings (SSSR count). The normalized spacial score (nSPS) is 10.7. The zero-order valence-corrected chi connectivity index (χ0v) is 6.23. The van der Waals surface area contributed by atoms with Crippen LogP contribution in [0.4, 0.5) is 0 Å². The highest BCUT2D eigenvalue weighted by atomic mass is 15.2. The molecule has 2 aromatic heterocycles. The second kappa shape index (κ2) is 2.40. The molecule has 0 spiro atoms. The number of hydrogen-bond donors (Lipinski definition) is 0. The zero-order valence-electron chi connectivity index (χ0n) is 6.23. The number of rotatable bonds is 0. The van der Waals surface area contributed by atoms with Gasteiger partial charge in [-0.05, 0) is 0 Å². The number of imidazole rings is 1. The van der Waals surface area contributed by atoms with Crippen LogP contribution >= 0.6 is 0 Å². The summed E-state index contributed by atoms with van der Waals surface area (Å²) in [4.78, 5) is 3.95. The van der Waals surface area contributed by atoms with Gasteiger partial charge in [-0.3, -0.25) is 0 Å². The molecule has 0 fully saturated rings. The minimum atomic E-state index is 0.324. The first-order valence-corrected chi connectivity index (χ1v) is 3.33. The molecule has 0 N–H and O–H groups in total. The first kappa shape index (κ1) is 7.46. The monoisotopic (exact) mass is 149 g/mol. The Morgan fingerprint density at radius 2 is 2.00 bits per heavy atom. The van der Waals surface area contributed by atoms with Crippen LogP contribution in [0.5, 0.6) is 0 Å². The molecule has 6 heteroatoms. The molecule has 0 saturated heterocycles. The van der Waals surface area contributed by atoms with Crippen LogP contribution in [0.15, 0.2) is 12.3 Å². The SMILES string of the molecule is [B]c1cc([B])c2ncc([B])n2n1. The van der Waals surface area contributed by atoms with E-state index in [2.05, 4.69) is 10.1 Å². The quantitative estimate of drug-likeness (QED) is 0.376. The van der Waals surface area contributed by atoms with Crippen molar-refractivity contribution in [3.05, 3.63) is 12.3 Å². The van der Waals surface area contributed by atoms with E-state index in [-0.39, 0.29) is 0 Å². The van der Waals surface area contributed by atoms with Crippen LogP contribution in [0.2, 0.25) is 0 Å². The molecule has 0 saturated carbocycles. The summed E-state index contributed by atoms with van der Waals surface area (Å²) in [5, 5.41) is 3.92. The maximum absolute atomic E-state index is 5.61. The van der Waals surface area contributed by atoms with E-state index in [4.69, 9.17) is 23.5 Å². The van der Waals surface area contributed by atoms with Crippen molar-refractivity contribution >= 4 is 45.8 Å². The Labute approximate surface area is 73.4 Å². The topological polar surface area (TPSA) is 30.2 Å². The molecule has 0 atom stereocenters. The van der Waals surface area contributed by atoms with E-state index < -0.39 is 0 Å². The Balaban J connectivity index is 2.92. The van der Waals surface area contributed by atoms with Crippen molar-refractivity contribution in [3.8, 4) is 0 Å². The summed E-state index contributed by atoms with van der Waals surface area (Å²) in [6.45, 7) is 0. The fourth-order valence-corrected chi connectivity index (χ4v) is 1.03. The van der Waals surface area contributed by atoms with E-state index in [0.29, 0.717) is 22.3 Å². The Hall–Kier alpha value is -1.19. The molecule has 0 amide bonds. The summed E-state index contributed by atoms with van der Waals surface area (Å²) in [5.41, 5.74) is 1.75. The highest BCUT2D eigenvalue weighted by Gasteiger charge is 2.01. The van der Waals surface area contributed by atoms with Crippen molar-refractivity contribution in [1.29, 1.82) is 0 Å². The van der Waals surface area contributed by atoms with E-state index in [9.17, 15) is 0 Å². The van der Waals surface area contributed by atoms with Crippen LogP contribution in [0, 0.1) is 0 Å². The molecule has 6 radical (unpaired) electrons. The van der Waals surface area contributed by atoms with Gasteiger partial charge in [0.2, 0.25) is 0 Å². The fraction of sp³-hybridized carbons (Fsp3) is 0. The summed E-state index contributed by atoms with van der Waals surface area (Å²) in [5.74, 6) is 0. The molecular formula is C6H2B3N3. The molecule has 2 heterocycles. The van der Waals surface area contributed by atoms with E-state index >= 15 is 0 Å². The van der Waals surface area contributed by atoms with Gasteiger partial charge < -0.3 is 0 Å². The van der Waals surface area contributed by atoms with Crippen molar-refractivity contribution in [3.63, 3.8) is 0 Å². The van der Waals surface area contributed by atoms with Crippen LogP contribution in [0.1, 0.15) is 0 Å². The summed E-state index contributed by atoms with van der Waals surface area (Å²) in [6, 6.07) is 1.54. The molecule has 3 nitrogen and oxygen atoms in total. The van der Waals surface area contributed by atoms with Gasteiger partial charge in [0, 0.05) is 17.4 Å². The second-order valence-electron chi connectivity index (χ2n) is 2.44. The van der Waals surface area contributed by atoms with Crippen molar-refractivity contribution in [2.24, 2.45) is 0 Å². The van der Waals surface area contributed by atoms with Crippen molar-refractivity contribution in [2.75, 3.05) is 0 Å². The molecular weight excluding hydrogens is 147 g/mol. The lowest BCUT2D eigenvalue weighted by molar-refractivity contribution is 0.988. The molecule has 12 heavy (non-hydrogen) atoms. The van der Waals surface area contributed by atoms with Crippen molar-refractivity contribution < 1.29 is 0 Å². The maximum Gasteiger partial charge on any atom is 0.145 e. The van der Waals surface area contributed by atoms with Crippen LogP contribution in [-0.4, -0.2) is 38.1 Å². The third kappa shape index (κ3) is 0.949. The number of nitrogens with zero attached hydrogens (tertiary/aromatic N) is 3. The van der Waals surface area contributed by atoms with E-state index in [1.807, 2.05) is 0 Å². The third-order valence-corrected chi connectivity index (χ3v) is 1.54. The highest BCUT2D eigenvalue weighted by molar-refractivity contribution is 6.40. The van der Waals surface area contributed by atoms with Crippen LogP contribution in [0.3, 0.4) is 0 Å². The Bertz CT molecular complexity index is 437. The Morgan fingerprint density at radius 1 is 1.25 bits per heavy atom. The molecule has 0 aliphatic rings. The average molecular weight is 149 g/mol. The maximum atomic E-state index is 5.61. The van der Waals surface area contributed by atoms with Gasteiger partial charge in [0.25, 0.3) is 0 Å². The number of aromatic nitrogens is 3. The largest absolute Gasteiger partial charge is 0.237 e. The third-order valence-electron chi connectivity index (χ3n) is 1.54. The van der Waals surface area contributed by atoms with Crippen LogP contribution in [0.25, 0.3) is 5.65 Å². The lowest BCUT2D eigenvalue weighted by Gasteiger charge is -2.01. The fourth-order valence-electron chi connectivity index (χ4n) is 1.03. The minimum absolute atomic E-state index is 0.324. The first-order chi connectivity index (χ1) is 5.68. The van der Waals surface area contributed by atoms with E-state index in [0.717, 1.165) is 0 Å². The van der Waals surface area contributed by atoms with Gasteiger partial charge in [-0.2, -0.15) is 5.10 Å². The lowest BCUT2D eigenvalue weighted by Crippen LogP contribution is -2.26. The minimum Gasteiger partial charge on any atom is -0.237 e. The van der Waals surface area contributed by atoms with Gasteiger partial charge in [-0.1, -0.05) is 11.5 Å². The Kier molecular flexibility index (Phi) is 1.49. The second-order valence-corrected chi connectivity index (χ2v) is 2.44. The summed E-state index contributed by atoms with van der Waals surface area (Å²) in [7, 11) is 16.6. The van der Waals surface area contributed by atoms with Gasteiger partial charge in [0.1, 0.15) is 29.2 Å². The van der Waals surface area contributed by atoms with Gasteiger partial charge in [0.05, 0.1) is 0 Å². The van der Waals surface area contributed by atoms with Crippen LogP contribution in [-0.2, 0) is 0 Å². The molecule has 50 valence electrons. The van der Waals surface area contributed by atoms with Gasteiger partial charge >= 0.3 is 0 Å². The molecule has 2 aromatic rings. The predicted octanol–water partition coefficient (Wildman–Crippen LogP) is -2.89. The van der Waals surface area contributed by atoms with E-state index in [1.54, 1.807) is 6.07 Å². The molecule has 0 bridgehead atoms. The molecule has 0 aliphatic carbocycles. The average Bonchev–Trinajstić information content (AvgIpc) is 2.33. The van der Waals surface area contributed by atoms with Gasteiger partial charge in [-0.15, -0.1) is 0 Å². The molecule has 0 unspecified atom stereocenters. The zero-order chi connectivity index (χ0) is 8.72. The molecule has 0 aromatic carbocycles. The standard InChI is InChI=1S/C6H2B3N3/c7-3-1-4(8)11-12-5(9)2-10-6(3)12/h1-2H. The number of hydrogen-bond acceptors (Lipinski definition) is 2. The van der Waals surface area contributed by atoms with Crippen molar-refractivity contribution in [2.45, 2.75) is 0 Å².